The van der Waals surface area contributed by atoms with Crippen molar-refractivity contribution in [2.24, 2.45) is 0 Å². The van der Waals surface area contributed by atoms with E-state index in [1.54, 1.807) is 17.0 Å². The van der Waals surface area contributed by atoms with Gasteiger partial charge in [0.25, 0.3) is 0 Å². The molecule has 0 N–H and O–H groups in total. The topological polar surface area (TPSA) is 20.3 Å². The van der Waals surface area contributed by atoms with Crippen LogP contribution in [0, 0.1) is 12.7 Å². The molecule has 2 aromatic carbocycles. The fraction of sp³-hybridized carbons (Fsp3) is 0.235. The van der Waals surface area contributed by atoms with E-state index < -0.39 is 0 Å². The Morgan fingerprint density at radius 1 is 1.19 bits per heavy atom. The van der Waals surface area contributed by atoms with Gasteiger partial charge in [-0.05, 0) is 18.6 Å². The van der Waals surface area contributed by atoms with E-state index in [9.17, 15) is 9.18 Å². The molecule has 1 aliphatic heterocycles. The lowest BCUT2D eigenvalue weighted by Crippen LogP contribution is -2.28. The molecule has 21 heavy (non-hydrogen) atoms. The Morgan fingerprint density at radius 3 is 2.62 bits per heavy atom. The average molecular weight is 301 g/mol. The van der Waals surface area contributed by atoms with Gasteiger partial charge in [-0.2, -0.15) is 0 Å². The molecular formula is C17H16FNOS. The SMILES string of the molecule is Cc1ccc(CN2C(=O)CS[C@@H]2c2ccccc2F)cc1. The predicted octanol–water partition coefficient (Wildman–Crippen LogP) is 3.91. The number of carbonyl (C=O) groups excluding carboxylic acids is 1. The molecule has 0 saturated carbocycles. The molecule has 0 aliphatic carbocycles. The van der Waals surface area contributed by atoms with E-state index >= 15 is 0 Å². The lowest BCUT2D eigenvalue weighted by Gasteiger charge is -2.24. The highest BCUT2D eigenvalue weighted by molar-refractivity contribution is 8.00. The monoisotopic (exact) mass is 301 g/mol. The van der Waals surface area contributed by atoms with Crippen molar-refractivity contribution >= 4 is 17.7 Å². The maximum Gasteiger partial charge on any atom is 0.234 e. The van der Waals surface area contributed by atoms with Gasteiger partial charge in [0, 0.05) is 12.1 Å². The summed E-state index contributed by atoms with van der Waals surface area (Å²) in [6.07, 6.45) is 0. The van der Waals surface area contributed by atoms with Crippen LogP contribution < -0.4 is 0 Å². The van der Waals surface area contributed by atoms with E-state index in [2.05, 4.69) is 0 Å². The summed E-state index contributed by atoms with van der Waals surface area (Å²) in [6.45, 7) is 2.55. The molecule has 0 aromatic heterocycles. The molecule has 2 aromatic rings. The van der Waals surface area contributed by atoms with Crippen LogP contribution in [0.4, 0.5) is 4.39 Å². The molecule has 3 rings (SSSR count). The molecule has 1 amide bonds. The van der Waals surface area contributed by atoms with Crippen molar-refractivity contribution < 1.29 is 9.18 Å². The van der Waals surface area contributed by atoms with Crippen molar-refractivity contribution in [3.63, 3.8) is 0 Å². The molecular weight excluding hydrogens is 285 g/mol. The highest BCUT2D eigenvalue weighted by Gasteiger charge is 2.34. The Bertz CT molecular complexity index is 656. The van der Waals surface area contributed by atoms with Gasteiger partial charge in [-0.1, -0.05) is 48.0 Å². The second-order valence-corrected chi connectivity index (χ2v) is 6.26. The van der Waals surface area contributed by atoms with Crippen LogP contribution in [0.5, 0.6) is 0 Å². The summed E-state index contributed by atoms with van der Waals surface area (Å²) in [4.78, 5) is 13.9. The molecule has 1 saturated heterocycles. The molecule has 1 atom stereocenters. The molecule has 1 fully saturated rings. The fourth-order valence-corrected chi connectivity index (χ4v) is 3.66. The minimum atomic E-state index is -0.251. The maximum absolute atomic E-state index is 14.0. The van der Waals surface area contributed by atoms with Crippen molar-refractivity contribution in [1.82, 2.24) is 4.90 Å². The Morgan fingerprint density at radius 2 is 1.90 bits per heavy atom. The Labute approximate surface area is 128 Å². The zero-order valence-electron chi connectivity index (χ0n) is 11.8. The van der Waals surface area contributed by atoms with Crippen molar-refractivity contribution in [3.8, 4) is 0 Å². The van der Waals surface area contributed by atoms with Crippen LogP contribution in [-0.4, -0.2) is 16.6 Å². The van der Waals surface area contributed by atoms with Crippen LogP contribution >= 0.6 is 11.8 Å². The van der Waals surface area contributed by atoms with E-state index in [0.29, 0.717) is 17.9 Å². The number of benzene rings is 2. The number of hydrogen-bond acceptors (Lipinski definition) is 2. The zero-order chi connectivity index (χ0) is 14.8. The first kappa shape index (κ1) is 14.1. The van der Waals surface area contributed by atoms with Crippen LogP contribution in [0.3, 0.4) is 0 Å². The first-order valence-electron chi connectivity index (χ1n) is 6.86. The number of hydrogen-bond donors (Lipinski definition) is 0. The summed E-state index contributed by atoms with van der Waals surface area (Å²) in [5, 5.41) is -0.236. The van der Waals surface area contributed by atoms with Crippen LogP contribution in [0.2, 0.25) is 0 Å². The van der Waals surface area contributed by atoms with Crippen LogP contribution in [-0.2, 0) is 11.3 Å². The maximum atomic E-state index is 14.0. The summed E-state index contributed by atoms with van der Waals surface area (Å²) < 4.78 is 14.0. The van der Waals surface area contributed by atoms with Gasteiger partial charge >= 0.3 is 0 Å². The average Bonchev–Trinajstić information content (AvgIpc) is 2.83. The zero-order valence-corrected chi connectivity index (χ0v) is 12.6. The lowest BCUT2D eigenvalue weighted by molar-refractivity contribution is -0.128. The van der Waals surface area contributed by atoms with Crippen LogP contribution in [0.15, 0.2) is 48.5 Å². The molecule has 4 heteroatoms. The number of carbonyl (C=O) groups is 1. The first-order valence-corrected chi connectivity index (χ1v) is 7.91. The Hall–Kier alpha value is -1.81. The van der Waals surface area contributed by atoms with Gasteiger partial charge in [-0.25, -0.2) is 4.39 Å². The highest BCUT2D eigenvalue weighted by atomic mass is 32.2. The fourth-order valence-electron chi connectivity index (χ4n) is 2.45. The summed E-state index contributed by atoms with van der Waals surface area (Å²) in [6, 6.07) is 14.8. The van der Waals surface area contributed by atoms with Gasteiger partial charge in [-0.3, -0.25) is 4.79 Å². The quantitative estimate of drug-likeness (QED) is 0.856. The van der Waals surface area contributed by atoms with Crippen molar-refractivity contribution in [2.75, 3.05) is 5.75 Å². The van der Waals surface area contributed by atoms with E-state index in [4.69, 9.17) is 0 Å². The molecule has 1 aliphatic rings. The molecule has 0 radical (unpaired) electrons. The summed E-state index contributed by atoms with van der Waals surface area (Å²) in [5.74, 6) is 0.220. The van der Waals surface area contributed by atoms with Gasteiger partial charge in [-0.15, -0.1) is 11.8 Å². The molecule has 0 unspecified atom stereocenters. The third kappa shape index (κ3) is 2.95. The normalized spacial score (nSPS) is 18.3. The van der Waals surface area contributed by atoms with E-state index in [1.807, 2.05) is 37.3 Å². The lowest BCUT2D eigenvalue weighted by atomic mass is 10.1. The molecule has 2 nitrogen and oxygen atoms in total. The number of nitrogens with zero attached hydrogens (tertiary/aromatic N) is 1. The molecule has 108 valence electrons. The van der Waals surface area contributed by atoms with Crippen molar-refractivity contribution in [1.29, 1.82) is 0 Å². The van der Waals surface area contributed by atoms with Crippen molar-refractivity contribution in [2.45, 2.75) is 18.8 Å². The van der Waals surface area contributed by atoms with Crippen molar-refractivity contribution in [3.05, 3.63) is 71.0 Å². The summed E-state index contributed by atoms with van der Waals surface area (Å²) in [7, 11) is 0. The van der Waals surface area contributed by atoms with Gasteiger partial charge < -0.3 is 4.90 Å². The summed E-state index contributed by atoms with van der Waals surface area (Å²) in [5.41, 5.74) is 2.84. The highest BCUT2D eigenvalue weighted by Crippen LogP contribution is 2.40. The third-order valence-corrected chi connectivity index (χ3v) is 4.85. The second kappa shape index (κ2) is 5.90. The van der Waals surface area contributed by atoms with E-state index in [0.717, 1.165) is 5.56 Å². The molecule has 0 spiro atoms. The van der Waals surface area contributed by atoms with Crippen LogP contribution in [0.25, 0.3) is 0 Å². The standard InChI is InChI=1S/C17H16FNOS/c1-12-6-8-13(9-7-12)10-19-16(20)11-21-17(19)14-4-2-3-5-15(14)18/h2-9,17H,10-11H2,1H3/t17-/m1/s1. The smallest absolute Gasteiger partial charge is 0.234 e. The minimum Gasteiger partial charge on any atom is -0.321 e. The Balaban J connectivity index is 1.86. The largest absolute Gasteiger partial charge is 0.321 e. The van der Waals surface area contributed by atoms with Gasteiger partial charge in [0.2, 0.25) is 5.91 Å². The minimum absolute atomic E-state index is 0.0637. The first-order chi connectivity index (χ1) is 10.1. The number of aryl methyl sites for hydroxylation is 1. The third-order valence-electron chi connectivity index (χ3n) is 3.61. The van der Waals surface area contributed by atoms with E-state index in [1.165, 1.54) is 23.4 Å². The summed E-state index contributed by atoms with van der Waals surface area (Å²) >= 11 is 1.48. The number of amides is 1. The Kier molecular flexibility index (Phi) is 3.97. The molecule has 0 bridgehead atoms. The second-order valence-electron chi connectivity index (χ2n) is 5.19. The van der Waals surface area contributed by atoms with E-state index in [-0.39, 0.29) is 17.1 Å². The van der Waals surface area contributed by atoms with Gasteiger partial charge in [0.15, 0.2) is 0 Å². The number of rotatable bonds is 3. The van der Waals surface area contributed by atoms with Gasteiger partial charge in [0.1, 0.15) is 11.2 Å². The molecule has 1 heterocycles. The van der Waals surface area contributed by atoms with Crippen LogP contribution in [0.1, 0.15) is 22.1 Å². The number of halogens is 1. The van der Waals surface area contributed by atoms with Gasteiger partial charge in [0.05, 0.1) is 5.75 Å². The predicted molar refractivity (Wildman–Crippen MR) is 83.3 cm³/mol. The number of thioether (sulfide) groups is 1.